The summed E-state index contributed by atoms with van der Waals surface area (Å²) in [6, 6.07) is 4.57. The molecule has 0 aliphatic rings. The fourth-order valence-electron chi connectivity index (χ4n) is 5.11. The predicted octanol–water partition coefficient (Wildman–Crippen LogP) is 9.26. The van der Waals surface area contributed by atoms with E-state index in [0.717, 1.165) is 28.0 Å². The van der Waals surface area contributed by atoms with Crippen LogP contribution in [0.25, 0.3) is 11.1 Å². The van der Waals surface area contributed by atoms with Crippen LogP contribution in [0.4, 0.5) is 0 Å². The number of ether oxygens (including phenoxy) is 1. The number of rotatable bonds is 3. The van der Waals surface area contributed by atoms with Gasteiger partial charge in [0.05, 0.1) is 6.61 Å². The van der Waals surface area contributed by atoms with Crippen LogP contribution in [-0.4, -0.2) is 11.7 Å². The average Bonchev–Trinajstić information content (AvgIpc) is 2.59. The Bertz CT molecular complexity index is 1020. The van der Waals surface area contributed by atoms with Gasteiger partial charge >= 0.3 is 0 Å². The van der Waals surface area contributed by atoms with Crippen LogP contribution in [0.1, 0.15) is 123 Å². The predicted molar refractivity (Wildman–Crippen MR) is 149 cm³/mol. The Morgan fingerprint density at radius 1 is 0.588 bits per heavy atom. The lowest BCUT2D eigenvalue weighted by molar-refractivity contribution is 0.330. The van der Waals surface area contributed by atoms with E-state index in [1.165, 1.54) is 22.3 Å². The van der Waals surface area contributed by atoms with Crippen LogP contribution in [0.15, 0.2) is 12.1 Å². The molecule has 0 atom stereocenters. The highest BCUT2D eigenvalue weighted by molar-refractivity contribution is 5.86. The van der Waals surface area contributed by atoms with Crippen molar-refractivity contribution in [1.29, 1.82) is 0 Å². The van der Waals surface area contributed by atoms with E-state index >= 15 is 0 Å². The van der Waals surface area contributed by atoms with Crippen molar-refractivity contribution in [2.24, 2.45) is 0 Å². The van der Waals surface area contributed by atoms with Gasteiger partial charge in [0.15, 0.2) is 0 Å². The lowest BCUT2D eigenvalue weighted by Crippen LogP contribution is -2.22. The largest absolute Gasteiger partial charge is 0.507 e. The van der Waals surface area contributed by atoms with Gasteiger partial charge in [-0.1, -0.05) is 95.2 Å². The van der Waals surface area contributed by atoms with Crippen molar-refractivity contribution in [1.82, 2.24) is 0 Å². The second-order valence-electron chi connectivity index (χ2n) is 14.1. The molecule has 0 bridgehead atoms. The molecule has 2 aromatic carbocycles. The molecule has 1 N–H and O–H groups in total. The lowest BCUT2D eigenvalue weighted by atomic mass is 9.72. The van der Waals surface area contributed by atoms with Crippen LogP contribution in [0, 0.1) is 13.8 Å². The molecule has 0 aliphatic carbocycles. The topological polar surface area (TPSA) is 29.5 Å². The molecule has 0 aromatic heterocycles. The normalized spacial score (nSPS) is 13.4. The summed E-state index contributed by atoms with van der Waals surface area (Å²) in [5.41, 5.74) is 8.64. The second-order valence-corrected chi connectivity index (χ2v) is 14.1. The van der Waals surface area contributed by atoms with Gasteiger partial charge in [-0.25, -0.2) is 0 Å². The van der Waals surface area contributed by atoms with Crippen LogP contribution in [0.3, 0.4) is 0 Å². The van der Waals surface area contributed by atoms with Gasteiger partial charge in [0.25, 0.3) is 0 Å². The van der Waals surface area contributed by atoms with Crippen molar-refractivity contribution in [3.8, 4) is 22.6 Å². The summed E-state index contributed by atoms with van der Waals surface area (Å²) in [5.74, 6) is 1.29. The molecule has 0 radical (unpaired) electrons. The summed E-state index contributed by atoms with van der Waals surface area (Å²) < 4.78 is 6.45. The molecule has 0 aliphatic heterocycles. The summed E-state index contributed by atoms with van der Waals surface area (Å²) in [4.78, 5) is 0. The van der Waals surface area contributed by atoms with E-state index < -0.39 is 0 Å². The van der Waals surface area contributed by atoms with Crippen molar-refractivity contribution in [3.05, 3.63) is 45.5 Å². The Kier molecular flexibility index (Phi) is 7.42. The quantitative estimate of drug-likeness (QED) is 0.488. The molecule has 2 rings (SSSR count). The minimum Gasteiger partial charge on any atom is -0.507 e. The van der Waals surface area contributed by atoms with Crippen molar-refractivity contribution < 1.29 is 9.84 Å². The second kappa shape index (κ2) is 8.92. The van der Waals surface area contributed by atoms with Crippen molar-refractivity contribution >= 4 is 0 Å². The molecule has 0 saturated heterocycles. The number of benzene rings is 2. The molecule has 0 amide bonds. The third-order valence-corrected chi connectivity index (χ3v) is 6.87. The number of hydrogen-bond acceptors (Lipinski definition) is 2. The number of phenolic OH excluding ortho intramolecular Hbond substituents is 1. The van der Waals surface area contributed by atoms with Crippen molar-refractivity contribution in [2.75, 3.05) is 6.61 Å². The van der Waals surface area contributed by atoms with Crippen LogP contribution >= 0.6 is 0 Å². The van der Waals surface area contributed by atoms with Gasteiger partial charge < -0.3 is 9.84 Å². The van der Waals surface area contributed by atoms with Gasteiger partial charge in [0.1, 0.15) is 11.5 Å². The third-order valence-electron chi connectivity index (χ3n) is 6.87. The van der Waals surface area contributed by atoms with Crippen LogP contribution < -0.4 is 4.74 Å². The first kappa shape index (κ1) is 28.3. The zero-order valence-corrected chi connectivity index (χ0v) is 24.7. The maximum Gasteiger partial charge on any atom is 0.131 e. The Morgan fingerprint density at radius 2 is 0.941 bits per heavy atom. The summed E-state index contributed by atoms with van der Waals surface area (Å²) >= 11 is 0. The molecule has 0 fully saturated rings. The molecule has 0 heterocycles. The van der Waals surface area contributed by atoms with Crippen molar-refractivity contribution in [2.45, 2.75) is 126 Å². The highest BCUT2D eigenvalue weighted by Crippen LogP contribution is 2.52. The number of phenols is 1. The fraction of sp³-hybridized carbons (Fsp3) is 0.625. The van der Waals surface area contributed by atoms with Gasteiger partial charge in [-0.2, -0.15) is 0 Å². The number of aromatic hydroxyl groups is 1. The van der Waals surface area contributed by atoms with Gasteiger partial charge in [-0.05, 0) is 64.7 Å². The SMILES string of the molecule is CCOc1c(C(C)(C)C)cc(C(C)(C)C)c(C)c1-c1c(C)c(C(C)(C)C)cc(C(C)(C)C)c1O. The van der Waals surface area contributed by atoms with Gasteiger partial charge in [0.2, 0.25) is 0 Å². The van der Waals surface area contributed by atoms with E-state index in [-0.39, 0.29) is 21.7 Å². The molecular weight excluding hydrogens is 416 g/mol. The smallest absolute Gasteiger partial charge is 0.131 e. The van der Waals surface area contributed by atoms with Gasteiger partial charge in [-0.15, -0.1) is 0 Å². The fourth-order valence-corrected chi connectivity index (χ4v) is 5.11. The molecule has 0 spiro atoms. The minimum absolute atomic E-state index is 0.0401. The van der Waals surface area contributed by atoms with E-state index in [1.54, 1.807) is 0 Å². The molecular formula is C32H50O2. The lowest BCUT2D eigenvalue weighted by Gasteiger charge is -2.34. The molecule has 2 nitrogen and oxygen atoms in total. The molecule has 0 saturated carbocycles. The maximum atomic E-state index is 11.9. The Labute approximate surface area is 210 Å². The highest BCUT2D eigenvalue weighted by Gasteiger charge is 2.34. The van der Waals surface area contributed by atoms with Crippen LogP contribution in [-0.2, 0) is 21.7 Å². The van der Waals surface area contributed by atoms with E-state index in [0.29, 0.717) is 12.4 Å². The summed E-state index contributed by atoms with van der Waals surface area (Å²) in [7, 11) is 0. The zero-order chi connectivity index (χ0) is 26.6. The monoisotopic (exact) mass is 466 g/mol. The first-order chi connectivity index (χ1) is 15.1. The number of hydrogen-bond donors (Lipinski definition) is 1. The molecule has 0 unspecified atom stereocenters. The minimum atomic E-state index is -0.194. The first-order valence-corrected chi connectivity index (χ1v) is 12.8. The highest BCUT2D eigenvalue weighted by atomic mass is 16.5. The third kappa shape index (κ3) is 5.31. The van der Waals surface area contributed by atoms with Gasteiger partial charge in [-0.3, -0.25) is 0 Å². The zero-order valence-electron chi connectivity index (χ0n) is 24.7. The van der Waals surface area contributed by atoms with Crippen LogP contribution in [0.5, 0.6) is 11.5 Å². The average molecular weight is 467 g/mol. The molecule has 190 valence electrons. The van der Waals surface area contributed by atoms with Crippen LogP contribution in [0.2, 0.25) is 0 Å². The summed E-state index contributed by atoms with van der Waals surface area (Å²) in [6.45, 7) is 33.8. The van der Waals surface area contributed by atoms with E-state index in [2.05, 4.69) is 109 Å². The van der Waals surface area contributed by atoms with Crippen molar-refractivity contribution in [3.63, 3.8) is 0 Å². The Balaban J connectivity index is 3.30. The van der Waals surface area contributed by atoms with Gasteiger partial charge in [0, 0.05) is 22.3 Å². The van der Waals surface area contributed by atoms with E-state index in [9.17, 15) is 5.11 Å². The summed E-state index contributed by atoms with van der Waals surface area (Å²) in [5, 5.41) is 11.9. The molecule has 34 heavy (non-hydrogen) atoms. The first-order valence-electron chi connectivity index (χ1n) is 12.8. The van der Waals surface area contributed by atoms with E-state index in [1.807, 2.05) is 6.92 Å². The maximum absolute atomic E-state index is 11.9. The molecule has 2 heteroatoms. The molecule has 2 aromatic rings. The standard InChI is InChI=1S/C32H50O2/c1-16-34-28-24(32(13,14)15)18-22(30(7,8)9)20(3)26(28)25-19(2)21(29(4,5)6)17-23(27(25)33)31(10,11)12/h17-18,33H,16H2,1-15H3. The summed E-state index contributed by atoms with van der Waals surface area (Å²) in [6.07, 6.45) is 0. The Morgan fingerprint density at radius 3 is 1.29 bits per heavy atom. The Hall–Kier alpha value is -1.96. The van der Waals surface area contributed by atoms with E-state index in [4.69, 9.17) is 4.74 Å².